The number of imide groups is 1. The van der Waals surface area contributed by atoms with Crippen LogP contribution in [0.5, 0.6) is 0 Å². The summed E-state index contributed by atoms with van der Waals surface area (Å²) in [7, 11) is 1.50. The second kappa shape index (κ2) is 9.39. The number of hydrogen-bond donors (Lipinski definition) is 2. The molecule has 0 aromatic heterocycles. The maximum Gasteiger partial charge on any atom is 0.325 e. The van der Waals surface area contributed by atoms with Crippen LogP contribution in [0.4, 0.5) is 10.5 Å². The van der Waals surface area contributed by atoms with Crippen molar-refractivity contribution in [2.24, 2.45) is 11.3 Å². The number of aryl methyl sites for hydroxylation is 3. The number of carbonyl (C=O) groups excluding carboxylic acids is 4. The third-order valence-electron chi connectivity index (χ3n) is 7.35. The first-order chi connectivity index (χ1) is 15.7. The Morgan fingerprint density at radius 3 is 2.21 bits per heavy atom. The van der Waals surface area contributed by atoms with Crippen LogP contribution in [-0.2, 0) is 14.4 Å². The van der Waals surface area contributed by atoms with Crippen LogP contribution in [0.15, 0.2) is 12.1 Å². The standard InChI is InChI=1S/C26H38N4O4/c1-16-12-17(2)22(18(3)13-16)27-20(31)14-29(7)21(32)15-30-23(33)26(28-24(30)34)10-8-19(9-11-26)25(4,5)6/h12-13,19H,8-11,14-15H2,1-7H3,(H,27,31)(H,28,34). The van der Waals surface area contributed by atoms with E-state index >= 15 is 0 Å². The highest BCUT2D eigenvalue weighted by Crippen LogP contribution is 2.43. The first-order valence-electron chi connectivity index (χ1n) is 12.0. The largest absolute Gasteiger partial charge is 0.335 e. The number of hydrogen-bond acceptors (Lipinski definition) is 4. The van der Waals surface area contributed by atoms with Gasteiger partial charge < -0.3 is 15.5 Å². The van der Waals surface area contributed by atoms with Crippen molar-refractivity contribution in [1.82, 2.24) is 15.1 Å². The highest BCUT2D eigenvalue weighted by atomic mass is 16.2. The monoisotopic (exact) mass is 470 g/mol. The van der Waals surface area contributed by atoms with E-state index in [0.29, 0.717) is 18.8 Å². The Morgan fingerprint density at radius 2 is 1.68 bits per heavy atom. The molecule has 2 aliphatic rings. The van der Waals surface area contributed by atoms with Crippen LogP contribution in [0, 0.1) is 32.1 Å². The van der Waals surface area contributed by atoms with E-state index in [1.807, 2.05) is 32.9 Å². The Labute approximate surface area is 202 Å². The van der Waals surface area contributed by atoms with Crippen molar-refractivity contribution in [3.63, 3.8) is 0 Å². The van der Waals surface area contributed by atoms with E-state index in [2.05, 4.69) is 31.4 Å². The molecule has 1 aliphatic heterocycles. The first-order valence-corrected chi connectivity index (χ1v) is 12.0. The van der Waals surface area contributed by atoms with Crippen molar-refractivity contribution < 1.29 is 19.2 Å². The molecule has 2 N–H and O–H groups in total. The average Bonchev–Trinajstić information content (AvgIpc) is 2.94. The summed E-state index contributed by atoms with van der Waals surface area (Å²) < 4.78 is 0. The lowest BCUT2D eigenvalue weighted by atomic mass is 9.67. The van der Waals surface area contributed by atoms with Crippen LogP contribution in [-0.4, -0.2) is 59.2 Å². The first kappa shape index (κ1) is 25.7. The third kappa shape index (κ3) is 5.26. The Bertz CT molecular complexity index is 980. The Balaban J connectivity index is 1.58. The highest BCUT2D eigenvalue weighted by Gasteiger charge is 2.53. The van der Waals surface area contributed by atoms with E-state index in [1.165, 1.54) is 11.9 Å². The minimum absolute atomic E-state index is 0.155. The molecular weight excluding hydrogens is 432 g/mol. The number of likely N-dealkylation sites (N-methyl/N-ethyl adjacent to an activating group) is 1. The molecule has 1 aromatic carbocycles. The Kier molecular flexibility index (Phi) is 7.10. The minimum Gasteiger partial charge on any atom is -0.335 e. The van der Waals surface area contributed by atoms with Gasteiger partial charge in [-0.25, -0.2) is 4.79 Å². The van der Waals surface area contributed by atoms with E-state index in [0.717, 1.165) is 40.1 Å². The summed E-state index contributed by atoms with van der Waals surface area (Å²) in [5.74, 6) is -0.637. The third-order valence-corrected chi connectivity index (χ3v) is 7.35. The molecule has 1 saturated heterocycles. The van der Waals surface area contributed by atoms with Gasteiger partial charge in [-0.3, -0.25) is 19.3 Å². The van der Waals surface area contributed by atoms with Gasteiger partial charge in [0.2, 0.25) is 11.8 Å². The van der Waals surface area contributed by atoms with Crippen LogP contribution < -0.4 is 10.6 Å². The molecule has 3 rings (SSSR count). The fourth-order valence-electron chi connectivity index (χ4n) is 5.25. The zero-order valence-corrected chi connectivity index (χ0v) is 21.5. The quantitative estimate of drug-likeness (QED) is 0.643. The summed E-state index contributed by atoms with van der Waals surface area (Å²) in [6.07, 6.45) is 2.87. The molecule has 1 saturated carbocycles. The Morgan fingerprint density at radius 1 is 1.12 bits per heavy atom. The van der Waals surface area contributed by atoms with Gasteiger partial charge in [0.25, 0.3) is 5.91 Å². The molecule has 8 nitrogen and oxygen atoms in total. The number of anilines is 1. The van der Waals surface area contributed by atoms with Crippen molar-refractivity contribution in [3.8, 4) is 0 Å². The Hall–Kier alpha value is -2.90. The summed E-state index contributed by atoms with van der Waals surface area (Å²) in [6.45, 7) is 11.9. The number of carbonyl (C=O) groups is 4. The number of urea groups is 1. The van der Waals surface area contributed by atoms with Crippen molar-refractivity contribution in [2.45, 2.75) is 72.8 Å². The number of nitrogens with zero attached hydrogens (tertiary/aromatic N) is 2. The van der Waals surface area contributed by atoms with Gasteiger partial charge in [0.15, 0.2) is 0 Å². The van der Waals surface area contributed by atoms with E-state index in [9.17, 15) is 19.2 Å². The second-order valence-corrected chi connectivity index (χ2v) is 11.1. The molecule has 0 radical (unpaired) electrons. The molecule has 1 spiro atoms. The highest BCUT2D eigenvalue weighted by molar-refractivity contribution is 6.09. The van der Waals surface area contributed by atoms with Crippen molar-refractivity contribution in [1.29, 1.82) is 0 Å². The van der Waals surface area contributed by atoms with E-state index in [4.69, 9.17) is 0 Å². The van der Waals surface area contributed by atoms with E-state index in [1.54, 1.807) is 0 Å². The average molecular weight is 471 g/mol. The molecule has 8 heteroatoms. The minimum atomic E-state index is -0.907. The van der Waals surface area contributed by atoms with Crippen molar-refractivity contribution >= 4 is 29.4 Å². The van der Waals surface area contributed by atoms with Crippen molar-refractivity contribution in [2.75, 3.05) is 25.5 Å². The maximum absolute atomic E-state index is 13.2. The second-order valence-electron chi connectivity index (χ2n) is 11.1. The summed E-state index contributed by atoms with van der Waals surface area (Å²) in [5.41, 5.74) is 2.99. The maximum atomic E-state index is 13.2. The van der Waals surface area contributed by atoms with E-state index < -0.39 is 17.5 Å². The summed E-state index contributed by atoms with van der Waals surface area (Å²) in [6, 6.07) is 3.44. The molecule has 186 valence electrons. The molecule has 5 amide bonds. The predicted molar refractivity (Wildman–Crippen MR) is 131 cm³/mol. The van der Waals surface area contributed by atoms with Gasteiger partial charge >= 0.3 is 6.03 Å². The molecule has 2 fully saturated rings. The number of nitrogens with one attached hydrogen (secondary N) is 2. The van der Waals surface area contributed by atoms with Crippen LogP contribution in [0.2, 0.25) is 0 Å². The molecule has 34 heavy (non-hydrogen) atoms. The summed E-state index contributed by atoms with van der Waals surface area (Å²) >= 11 is 0. The van der Waals surface area contributed by atoms with Gasteiger partial charge in [-0.1, -0.05) is 38.5 Å². The molecule has 1 heterocycles. The SMILES string of the molecule is Cc1cc(C)c(NC(=O)CN(C)C(=O)CN2C(=O)NC3(CCC(C(C)(C)C)CC3)C2=O)c(C)c1. The normalized spacial score (nSPS) is 22.7. The van der Waals surface area contributed by atoms with E-state index in [-0.39, 0.29) is 30.3 Å². The van der Waals surface area contributed by atoms with Gasteiger partial charge in [-0.05, 0) is 68.9 Å². The summed E-state index contributed by atoms with van der Waals surface area (Å²) in [5, 5.41) is 5.74. The fraction of sp³-hybridized carbons (Fsp3) is 0.615. The predicted octanol–water partition coefficient (Wildman–Crippen LogP) is 3.54. The summed E-state index contributed by atoms with van der Waals surface area (Å²) in [4.78, 5) is 53.4. The smallest absolute Gasteiger partial charge is 0.325 e. The number of amides is 5. The molecule has 1 aliphatic carbocycles. The number of rotatable bonds is 5. The lowest BCUT2D eigenvalue weighted by molar-refractivity contribution is -0.140. The lowest BCUT2D eigenvalue weighted by Crippen LogP contribution is -2.51. The van der Waals surface area contributed by atoms with Gasteiger partial charge in [-0.15, -0.1) is 0 Å². The zero-order chi connectivity index (χ0) is 25.4. The van der Waals surface area contributed by atoms with Crippen molar-refractivity contribution in [3.05, 3.63) is 28.8 Å². The topological polar surface area (TPSA) is 98.8 Å². The van der Waals surface area contributed by atoms with Crippen LogP contribution in [0.3, 0.4) is 0 Å². The van der Waals surface area contributed by atoms with Crippen LogP contribution in [0.25, 0.3) is 0 Å². The number of benzene rings is 1. The fourth-order valence-corrected chi connectivity index (χ4v) is 5.25. The van der Waals surface area contributed by atoms with Gasteiger partial charge in [0, 0.05) is 12.7 Å². The van der Waals surface area contributed by atoms with Gasteiger partial charge in [0.1, 0.15) is 12.1 Å². The molecule has 0 bridgehead atoms. The molecular formula is C26H38N4O4. The van der Waals surface area contributed by atoms with Crippen LogP contribution in [0.1, 0.15) is 63.1 Å². The molecule has 1 aromatic rings. The molecule has 0 unspecified atom stereocenters. The van der Waals surface area contributed by atoms with Gasteiger partial charge in [-0.2, -0.15) is 0 Å². The lowest BCUT2D eigenvalue weighted by Gasteiger charge is -2.40. The zero-order valence-electron chi connectivity index (χ0n) is 21.5. The van der Waals surface area contributed by atoms with Gasteiger partial charge in [0.05, 0.1) is 6.54 Å². The van der Waals surface area contributed by atoms with Crippen LogP contribution >= 0.6 is 0 Å². The molecule has 0 atom stereocenters.